The summed E-state index contributed by atoms with van der Waals surface area (Å²) in [5, 5.41) is 3.76. The quantitative estimate of drug-likeness (QED) is 0.898. The fourth-order valence-corrected chi connectivity index (χ4v) is 2.77. The number of nitrogens with one attached hydrogen (secondary N) is 1. The summed E-state index contributed by atoms with van der Waals surface area (Å²) in [4.78, 5) is 2.38. The summed E-state index contributed by atoms with van der Waals surface area (Å²) in [6.07, 6.45) is 2.39. The molecule has 0 aliphatic carbocycles. The van der Waals surface area contributed by atoms with Crippen molar-refractivity contribution in [2.75, 3.05) is 20.1 Å². The highest BCUT2D eigenvalue weighted by Gasteiger charge is 2.22. The molecule has 1 aromatic carbocycles. The van der Waals surface area contributed by atoms with Gasteiger partial charge in [0.25, 0.3) is 0 Å². The molecule has 1 saturated heterocycles. The van der Waals surface area contributed by atoms with Crippen LogP contribution in [0.1, 0.15) is 38.3 Å². The molecule has 1 aliphatic heterocycles. The van der Waals surface area contributed by atoms with E-state index in [1.165, 1.54) is 18.4 Å². The van der Waals surface area contributed by atoms with Gasteiger partial charge < -0.3 is 10.2 Å². The van der Waals surface area contributed by atoms with Crippen molar-refractivity contribution in [3.8, 4) is 0 Å². The Morgan fingerprint density at radius 3 is 2.26 bits per heavy atom. The standard InChI is InChI=1S/C16H25FN2/c1-12(2)16(13-4-6-14(17)7-5-13)18-15-8-10-19(3)11-9-15/h4-7,12,15-16,18H,8-11H2,1-3H3. The van der Waals surface area contributed by atoms with Gasteiger partial charge in [-0.1, -0.05) is 26.0 Å². The number of benzene rings is 1. The van der Waals surface area contributed by atoms with Crippen LogP contribution in [0.25, 0.3) is 0 Å². The lowest BCUT2D eigenvalue weighted by Gasteiger charge is -2.34. The van der Waals surface area contributed by atoms with Gasteiger partial charge in [-0.3, -0.25) is 0 Å². The molecule has 3 heteroatoms. The third kappa shape index (κ3) is 4.02. The largest absolute Gasteiger partial charge is 0.307 e. The van der Waals surface area contributed by atoms with Gasteiger partial charge in [0.1, 0.15) is 5.82 Å². The maximum Gasteiger partial charge on any atom is 0.123 e. The monoisotopic (exact) mass is 264 g/mol. The van der Waals surface area contributed by atoms with Gasteiger partial charge in [0, 0.05) is 12.1 Å². The van der Waals surface area contributed by atoms with Crippen LogP contribution in [0.15, 0.2) is 24.3 Å². The molecule has 0 spiro atoms. The lowest BCUT2D eigenvalue weighted by molar-refractivity contribution is 0.214. The predicted molar refractivity (Wildman–Crippen MR) is 77.6 cm³/mol. The second-order valence-corrected chi connectivity index (χ2v) is 6.02. The van der Waals surface area contributed by atoms with Gasteiger partial charge in [-0.2, -0.15) is 0 Å². The van der Waals surface area contributed by atoms with Gasteiger partial charge in [-0.05, 0) is 56.6 Å². The van der Waals surface area contributed by atoms with Crippen LogP contribution in [-0.2, 0) is 0 Å². The molecule has 1 aromatic rings. The fourth-order valence-electron chi connectivity index (χ4n) is 2.77. The van der Waals surface area contributed by atoms with E-state index < -0.39 is 0 Å². The van der Waals surface area contributed by atoms with Crippen molar-refractivity contribution in [3.05, 3.63) is 35.6 Å². The first-order valence-electron chi connectivity index (χ1n) is 7.26. The molecule has 1 N–H and O–H groups in total. The van der Waals surface area contributed by atoms with E-state index in [1.807, 2.05) is 12.1 Å². The van der Waals surface area contributed by atoms with Crippen LogP contribution in [0.2, 0.25) is 0 Å². The SMILES string of the molecule is CC(C)C(NC1CCN(C)CC1)c1ccc(F)cc1. The first kappa shape index (κ1) is 14.5. The van der Waals surface area contributed by atoms with Crippen LogP contribution in [0.4, 0.5) is 4.39 Å². The summed E-state index contributed by atoms with van der Waals surface area (Å²) in [5.74, 6) is 0.343. The Hall–Kier alpha value is -0.930. The van der Waals surface area contributed by atoms with Crippen molar-refractivity contribution in [2.24, 2.45) is 5.92 Å². The maximum absolute atomic E-state index is 13.0. The number of piperidine rings is 1. The van der Waals surface area contributed by atoms with Crippen LogP contribution in [-0.4, -0.2) is 31.1 Å². The summed E-state index contributed by atoms with van der Waals surface area (Å²) in [6.45, 7) is 6.75. The van der Waals surface area contributed by atoms with E-state index in [4.69, 9.17) is 0 Å². The lowest BCUT2D eigenvalue weighted by atomic mass is 9.93. The Morgan fingerprint density at radius 2 is 1.74 bits per heavy atom. The molecular weight excluding hydrogens is 239 g/mol. The minimum absolute atomic E-state index is 0.162. The number of hydrogen-bond acceptors (Lipinski definition) is 2. The minimum atomic E-state index is -0.162. The molecule has 2 nitrogen and oxygen atoms in total. The van der Waals surface area contributed by atoms with Crippen molar-refractivity contribution in [2.45, 2.75) is 38.8 Å². The maximum atomic E-state index is 13.0. The highest BCUT2D eigenvalue weighted by Crippen LogP contribution is 2.24. The Bertz CT molecular complexity index is 380. The molecule has 1 fully saturated rings. The molecule has 2 rings (SSSR count). The lowest BCUT2D eigenvalue weighted by Crippen LogP contribution is -2.43. The smallest absolute Gasteiger partial charge is 0.123 e. The minimum Gasteiger partial charge on any atom is -0.307 e. The van der Waals surface area contributed by atoms with Gasteiger partial charge in [0.05, 0.1) is 0 Å². The average molecular weight is 264 g/mol. The van der Waals surface area contributed by atoms with Gasteiger partial charge >= 0.3 is 0 Å². The molecule has 0 saturated carbocycles. The van der Waals surface area contributed by atoms with Gasteiger partial charge in [-0.15, -0.1) is 0 Å². The van der Waals surface area contributed by atoms with Crippen molar-refractivity contribution in [1.82, 2.24) is 10.2 Å². The van der Waals surface area contributed by atoms with E-state index in [9.17, 15) is 4.39 Å². The summed E-state index contributed by atoms with van der Waals surface area (Å²) >= 11 is 0. The molecule has 1 heterocycles. The third-order valence-electron chi connectivity index (χ3n) is 4.03. The predicted octanol–water partition coefficient (Wildman–Crippen LogP) is 3.21. The van der Waals surface area contributed by atoms with Crippen LogP contribution in [0.3, 0.4) is 0 Å². The molecule has 1 aliphatic rings. The van der Waals surface area contributed by atoms with Crippen molar-refractivity contribution < 1.29 is 4.39 Å². The zero-order valence-electron chi connectivity index (χ0n) is 12.2. The molecule has 0 aromatic heterocycles. The second-order valence-electron chi connectivity index (χ2n) is 6.02. The Morgan fingerprint density at radius 1 is 1.16 bits per heavy atom. The van der Waals surface area contributed by atoms with E-state index in [0.29, 0.717) is 18.0 Å². The zero-order chi connectivity index (χ0) is 13.8. The second kappa shape index (κ2) is 6.49. The number of likely N-dealkylation sites (tertiary alicyclic amines) is 1. The summed E-state index contributed by atoms with van der Waals surface area (Å²) < 4.78 is 13.0. The highest BCUT2D eigenvalue weighted by atomic mass is 19.1. The normalized spacial score (nSPS) is 19.8. The first-order valence-corrected chi connectivity index (χ1v) is 7.26. The number of halogens is 1. The molecule has 19 heavy (non-hydrogen) atoms. The average Bonchev–Trinajstić information content (AvgIpc) is 2.39. The molecular formula is C16H25FN2. The number of rotatable bonds is 4. The molecule has 1 unspecified atom stereocenters. The number of nitrogens with zero attached hydrogens (tertiary/aromatic N) is 1. The summed E-state index contributed by atoms with van der Waals surface area (Å²) in [5.41, 5.74) is 1.19. The van der Waals surface area contributed by atoms with Gasteiger partial charge in [0.15, 0.2) is 0 Å². The number of hydrogen-bond donors (Lipinski definition) is 1. The van der Waals surface area contributed by atoms with E-state index in [-0.39, 0.29) is 5.82 Å². The molecule has 0 radical (unpaired) electrons. The van der Waals surface area contributed by atoms with Crippen LogP contribution < -0.4 is 5.32 Å². The van der Waals surface area contributed by atoms with E-state index in [0.717, 1.165) is 13.1 Å². The molecule has 0 bridgehead atoms. The van der Waals surface area contributed by atoms with E-state index in [1.54, 1.807) is 12.1 Å². The third-order valence-corrected chi connectivity index (χ3v) is 4.03. The Balaban J connectivity index is 2.02. The first-order chi connectivity index (χ1) is 9.06. The molecule has 1 atom stereocenters. The Kier molecular flexibility index (Phi) is 4.94. The van der Waals surface area contributed by atoms with Crippen molar-refractivity contribution in [3.63, 3.8) is 0 Å². The molecule has 0 amide bonds. The Labute approximate surface area is 116 Å². The topological polar surface area (TPSA) is 15.3 Å². The van der Waals surface area contributed by atoms with Crippen LogP contribution in [0, 0.1) is 11.7 Å². The van der Waals surface area contributed by atoms with Crippen LogP contribution in [0.5, 0.6) is 0 Å². The summed E-state index contributed by atoms with van der Waals surface area (Å²) in [7, 11) is 2.18. The van der Waals surface area contributed by atoms with Gasteiger partial charge in [0.2, 0.25) is 0 Å². The van der Waals surface area contributed by atoms with Crippen molar-refractivity contribution in [1.29, 1.82) is 0 Å². The van der Waals surface area contributed by atoms with E-state index >= 15 is 0 Å². The fraction of sp³-hybridized carbons (Fsp3) is 0.625. The van der Waals surface area contributed by atoms with Crippen LogP contribution >= 0.6 is 0 Å². The highest BCUT2D eigenvalue weighted by molar-refractivity contribution is 5.20. The summed E-state index contributed by atoms with van der Waals surface area (Å²) in [6, 6.07) is 7.81. The molecule has 106 valence electrons. The zero-order valence-corrected chi connectivity index (χ0v) is 12.2. The van der Waals surface area contributed by atoms with Gasteiger partial charge in [-0.25, -0.2) is 4.39 Å². The van der Waals surface area contributed by atoms with Crippen molar-refractivity contribution >= 4 is 0 Å². The van der Waals surface area contributed by atoms with E-state index in [2.05, 4.69) is 31.1 Å².